The van der Waals surface area contributed by atoms with E-state index in [-0.39, 0.29) is 70.3 Å². The number of fused-ring (bicyclic) bond motifs is 10. The molecule has 6 fully saturated rings. The minimum Gasteiger partial charge on any atom is -0.507 e. The number of amides is 1. The van der Waals surface area contributed by atoms with Gasteiger partial charge in [0.25, 0.3) is 0 Å². The van der Waals surface area contributed by atoms with Gasteiger partial charge in [0.15, 0.2) is 23.6 Å². The molecule has 9 aliphatic rings. The van der Waals surface area contributed by atoms with Crippen LogP contribution in [-0.4, -0.2) is 123 Å². The number of phenols is 2. The fourth-order valence-corrected chi connectivity index (χ4v) is 16.3. The first kappa shape index (κ1) is 52.3. The molecule has 17 heteroatoms. The van der Waals surface area contributed by atoms with Crippen LogP contribution in [0, 0.1) is 46.3 Å². The maximum Gasteiger partial charge on any atom is 0.306 e. The molecule has 0 radical (unpaired) electrons. The highest BCUT2D eigenvalue weighted by molar-refractivity contribution is 6.31. The van der Waals surface area contributed by atoms with Crippen LogP contribution < -0.4 is 10.1 Å². The predicted molar refractivity (Wildman–Crippen MR) is 267 cm³/mol. The largest absolute Gasteiger partial charge is 0.507 e. The van der Waals surface area contributed by atoms with Crippen LogP contribution in [0.25, 0.3) is 0 Å². The number of aliphatic hydroxyl groups excluding tert-OH is 2. The van der Waals surface area contributed by atoms with Gasteiger partial charge in [-0.2, -0.15) is 0 Å². The lowest BCUT2D eigenvalue weighted by atomic mass is 9.47. The molecule has 6 N–H and O–H groups in total. The Labute approximate surface area is 437 Å². The third-order valence-corrected chi connectivity index (χ3v) is 20.3. The third-order valence-electron chi connectivity index (χ3n) is 20.3. The average Bonchev–Trinajstić information content (AvgIpc) is 3.89. The van der Waals surface area contributed by atoms with Crippen molar-refractivity contribution in [2.75, 3.05) is 20.3 Å². The molecule has 3 heterocycles. The van der Waals surface area contributed by atoms with Crippen molar-refractivity contribution in [1.82, 2.24) is 5.32 Å². The summed E-state index contributed by atoms with van der Waals surface area (Å²) in [6.45, 7) is 10.9. The highest BCUT2D eigenvalue weighted by Crippen LogP contribution is 2.71. The molecule has 6 aliphatic carbocycles. The van der Waals surface area contributed by atoms with Gasteiger partial charge in [-0.1, -0.05) is 51.5 Å². The highest BCUT2D eigenvalue weighted by atomic mass is 16.7. The Morgan fingerprint density at radius 3 is 2.43 bits per heavy atom. The number of benzene rings is 2. The molecule has 3 aliphatic heterocycles. The van der Waals surface area contributed by atoms with E-state index in [9.17, 15) is 49.5 Å². The summed E-state index contributed by atoms with van der Waals surface area (Å²) in [6.07, 6.45) is 4.59. The molecule has 17 nitrogen and oxygen atoms in total. The molecule has 406 valence electrons. The number of ketones is 3. The molecule has 0 bridgehead atoms. The van der Waals surface area contributed by atoms with E-state index in [2.05, 4.69) is 39.1 Å². The number of methoxy groups -OCH3 is 1. The zero-order chi connectivity index (χ0) is 53.3. The molecular weight excluding hydrogens is 967 g/mol. The molecule has 1 spiro atoms. The van der Waals surface area contributed by atoms with Gasteiger partial charge in [-0.15, -0.1) is 0 Å². The number of ether oxygens (including phenoxy) is 6. The molecule has 17 atom stereocenters. The Morgan fingerprint density at radius 1 is 0.920 bits per heavy atom. The van der Waals surface area contributed by atoms with E-state index in [0.29, 0.717) is 41.9 Å². The quantitative estimate of drug-likeness (QED) is 0.0749. The Kier molecular flexibility index (Phi) is 13.3. The number of hydrogen-bond acceptors (Lipinski definition) is 16. The van der Waals surface area contributed by atoms with Gasteiger partial charge in [0.05, 0.1) is 61.2 Å². The third kappa shape index (κ3) is 8.30. The first-order valence-electron chi connectivity index (χ1n) is 27.4. The summed E-state index contributed by atoms with van der Waals surface area (Å²) < 4.78 is 37.3. The number of Topliss-reactive ketones (excluding diaryl/α,β-unsaturated/α-hetero) is 1. The standard InChI is InChI=1S/C58H73NO16/c1-27-14-19-58(71-26-27)28(2)49-39(75-58)21-36-32-11-10-30-20-31(15-17-55(30,4)35(32)16-18-56(36,49)5)73-43(63)13-12-42(62)59-37-22-44(72-29(3)50(37)64)74-40-24-57(69,41(61)25-60)23-34-46(40)54(68)48-47(52(34)66)51(65)33-8-7-9-38(70-6)45(33)53(48)67/h7-10,27-29,31-32,35-37,39-40,44,49-50,60,64,66,68-69H,11-26H2,1-6H3,(H,59,62)/t27-,28+,29+,31+,32?,35?,36?,37+,39+,40?,44+,49+,50-,55+,56+,57+,58-/m1/s1. The predicted octanol–water partition coefficient (Wildman–Crippen LogP) is 6.22. The number of hydrogen-bond donors (Lipinski definition) is 6. The van der Waals surface area contributed by atoms with E-state index >= 15 is 0 Å². The van der Waals surface area contributed by atoms with Crippen molar-refractivity contribution in [1.29, 1.82) is 0 Å². The lowest BCUT2D eigenvalue weighted by molar-refractivity contribution is -0.272. The Bertz CT molecular complexity index is 2730. The van der Waals surface area contributed by atoms with Crippen molar-refractivity contribution < 1.29 is 77.9 Å². The number of carbonyl (C=O) groups excluding carboxylic acids is 5. The first-order chi connectivity index (χ1) is 35.6. The smallest absolute Gasteiger partial charge is 0.306 e. The van der Waals surface area contributed by atoms with Crippen molar-refractivity contribution in [3.05, 3.63) is 63.2 Å². The fraction of sp³-hybridized carbons (Fsp3) is 0.672. The highest BCUT2D eigenvalue weighted by Gasteiger charge is 2.69. The number of aliphatic hydroxyl groups is 3. The normalized spacial score (nSPS) is 40.4. The van der Waals surface area contributed by atoms with Crippen molar-refractivity contribution in [2.45, 2.75) is 179 Å². The summed E-state index contributed by atoms with van der Waals surface area (Å²) in [6, 6.07) is 3.37. The fourth-order valence-electron chi connectivity index (χ4n) is 16.3. The second kappa shape index (κ2) is 19.0. The molecule has 3 saturated carbocycles. The molecule has 2 aromatic carbocycles. The second-order valence-electron chi connectivity index (χ2n) is 24.3. The van der Waals surface area contributed by atoms with E-state index in [0.717, 1.165) is 45.1 Å². The van der Waals surface area contributed by atoms with Gasteiger partial charge in [0.2, 0.25) is 11.7 Å². The summed E-state index contributed by atoms with van der Waals surface area (Å²) in [4.78, 5) is 68.0. The number of carbonyl (C=O) groups is 5. The summed E-state index contributed by atoms with van der Waals surface area (Å²) in [5.41, 5.74) is -2.45. The van der Waals surface area contributed by atoms with Crippen LogP contribution in [0.15, 0.2) is 29.8 Å². The molecule has 11 rings (SSSR count). The Balaban J connectivity index is 0.722. The van der Waals surface area contributed by atoms with Gasteiger partial charge >= 0.3 is 5.97 Å². The topological polar surface area (TPSA) is 254 Å². The van der Waals surface area contributed by atoms with Gasteiger partial charge in [0, 0.05) is 61.1 Å². The monoisotopic (exact) mass is 1040 g/mol. The van der Waals surface area contributed by atoms with Crippen molar-refractivity contribution in [2.24, 2.45) is 46.3 Å². The van der Waals surface area contributed by atoms with Crippen molar-refractivity contribution in [3.63, 3.8) is 0 Å². The first-order valence-corrected chi connectivity index (χ1v) is 27.4. The van der Waals surface area contributed by atoms with Gasteiger partial charge < -0.3 is 59.3 Å². The number of allylic oxidation sites excluding steroid dienone is 1. The minimum absolute atomic E-state index is 0.0331. The van der Waals surface area contributed by atoms with Crippen molar-refractivity contribution >= 4 is 29.2 Å². The lowest BCUT2D eigenvalue weighted by Crippen LogP contribution is -2.56. The molecule has 2 aromatic rings. The van der Waals surface area contributed by atoms with Gasteiger partial charge in [-0.3, -0.25) is 24.0 Å². The van der Waals surface area contributed by atoms with Crippen LogP contribution in [0.2, 0.25) is 0 Å². The van der Waals surface area contributed by atoms with Gasteiger partial charge in [-0.25, -0.2) is 0 Å². The maximum absolute atomic E-state index is 14.1. The number of aromatic hydroxyl groups is 2. The molecule has 1 amide bonds. The zero-order valence-electron chi connectivity index (χ0n) is 43.9. The average molecular weight is 1040 g/mol. The van der Waals surface area contributed by atoms with Crippen LogP contribution in [-0.2, 0) is 44.5 Å². The maximum atomic E-state index is 14.1. The zero-order valence-corrected chi connectivity index (χ0v) is 43.9. The van der Waals surface area contributed by atoms with Crippen LogP contribution in [0.4, 0.5) is 0 Å². The SMILES string of the molecule is COc1cccc2c1C(=O)c1c(O)c3c(c(O)c1C2=O)C[C@@](O)(C(=O)CO)CC3O[C@H]1C[C@H](NC(=O)CCC(=O)O[C@H]2CC[C@@]3(C)C(=CCC4C3CC[C@@]3(C)C4C[C@@H]4O[C@]5(CC[C@@H](C)CO5)[C@@H](C)[C@@H]43)C2)[C@H](O)[C@H](C)O1. The summed E-state index contributed by atoms with van der Waals surface area (Å²) >= 11 is 0. The number of rotatable bonds is 10. The van der Waals surface area contributed by atoms with E-state index in [4.69, 9.17) is 28.4 Å². The number of nitrogens with one attached hydrogen (secondary N) is 1. The van der Waals surface area contributed by atoms with Crippen molar-refractivity contribution in [3.8, 4) is 17.2 Å². The van der Waals surface area contributed by atoms with Gasteiger partial charge in [-0.05, 0) is 98.4 Å². The van der Waals surface area contributed by atoms with Crippen LogP contribution >= 0.6 is 0 Å². The summed E-state index contributed by atoms with van der Waals surface area (Å²) in [5, 5.41) is 59.2. The van der Waals surface area contributed by atoms with Crippen LogP contribution in [0.5, 0.6) is 17.2 Å². The molecular formula is C58H73NO16. The Morgan fingerprint density at radius 2 is 1.69 bits per heavy atom. The number of phenolic OH excluding ortho intramolecular Hbond substituents is 2. The second-order valence-corrected chi connectivity index (χ2v) is 24.3. The van der Waals surface area contributed by atoms with E-state index in [1.807, 2.05) is 0 Å². The minimum atomic E-state index is -2.36. The van der Waals surface area contributed by atoms with E-state index in [1.165, 1.54) is 43.7 Å². The summed E-state index contributed by atoms with van der Waals surface area (Å²) in [7, 11) is 1.31. The summed E-state index contributed by atoms with van der Waals surface area (Å²) in [5.74, 6) is -2.35. The van der Waals surface area contributed by atoms with E-state index in [1.54, 1.807) is 6.92 Å². The molecule has 4 unspecified atom stereocenters. The molecule has 0 aromatic heterocycles. The lowest BCUT2D eigenvalue weighted by Gasteiger charge is -2.58. The van der Waals surface area contributed by atoms with Crippen LogP contribution in [0.1, 0.15) is 167 Å². The van der Waals surface area contributed by atoms with E-state index < -0.39 is 113 Å². The molecule has 75 heavy (non-hydrogen) atoms. The number of esters is 1. The van der Waals surface area contributed by atoms with Crippen LogP contribution in [0.3, 0.4) is 0 Å². The molecule has 3 saturated heterocycles. The van der Waals surface area contributed by atoms with Gasteiger partial charge in [0.1, 0.15) is 41.7 Å². The Hall–Kier alpha value is -4.75.